The topological polar surface area (TPSA) is 75.4 Å². The first-order valence-electron chi connectivity index (χ1n) is 6.07. The Labute approximate surface area is 109 Å². The van der Waals surface area contributed by atoms with Crippen LogP contribution >= 0.6 is 0 Å². The van der Waals surface area contributed by atoms with Gasteiger partial charge in [0.05, 0.1) is 6.04 Å². The smallest absolute Gasteiger partial charge is 0.280 e. The van der Waals surface area contributed by atoms with Crippen molar-refractivity contribution in [3.63, 3.8) is 0 Å². The van der Waals surface area contributed by atoms with Crippen LogP contribution in [0.2, 0.25) is 0 Å². The molecule has 1 aromatic rings. The van der Waals surface area contributed by atoms with Crippen LogP contribution in [0, 0.1) is 0 Å². The van der Waals surface area contributed by atoms with Crippen LogP contribution in [0.5, 0.6) is 0 Å². The van der Waals surface area contributed by atoms with Crippen molar-refractivity contribution in [3.05, 3.63) is 35.9 Å². The molecule has 6 heteroatoms. The standard InChI is InChI=1S/C12H21N3O2S/c1-3-15(4-2)18(16,17)14-12(10-13)11-8-6-5-7-9-11/h5-9,12,14H,3-4,10,13H2,1-2H3. The first-order valence-corrected chi connectivity index (χ1v) is 7.51. The summed E-state index contributed by atoms with van der Waals surface area (Å²) in [5.74, 6) is 0. The van der Waals surface area contributed by atoms with Crippen LogP contribution in [0.15, 0.2) is 30.3 Å². The highest BCUT2D eigenvalue weighted by Gasteiger charge is 2.23. The summed E-state index contributed by atoms with van der Waals surface area (Å²) in [4.78, 5) is 0. The monoisotopic (exact) mass is 271 g/mol. The average Bonchev–Trinajstić information content (AvgIpc) is 2.38. The SMILES string of the molecule is CCN(CC)S(=O)(=O)NC(CN)c1ccccc1. The summed E-state index contributed by atoms with van der Waals surface area (Å²) in [6, 6.07) is 8.95. The van der Waals surface area contributed by atoms with E-state index < -0.39 is 16.3 Å². The Kier molecular flexibility index (Phi) is 5.74. The maximum atomic E-state index is 12.1. The lowest BCUT2D eigenvalue weighted by Gasteiger charge is -2.23. The molecule has 0 saturated carbocycles. The molecule has 1 unspecified atom stereocenters. The third-order valence-electron chi connectivity index (χ3n) is 2.77. The van der Waals surface area contributed by atoms with Crippen molar-refractivity contribution < 1.29 is 8.42 Å². The van der Waals surface area contributed by atoms with E-state index in [0.717, 1.165) is 5.56 Å². The Bertz CT molecular complexity index is 444. The fourth-order valence-corrected chi connectivity index (χ4v) is 3.18. The van der Waals surface area contributed by atoms with E-state index >= 15 is 0 Å². The molecule has 0 spiro atoms. The molecule has 5 nitrogen and oxygen atoms in total. The Morgan fingerprint density at radius 1 is 1.22 bits per heavy atom. The zero-order valence-corrected chi connectivity index (χ0v) is 11.7. The van der Waals surface area contributed by atoms with E-state index in [1.54, 1.807) is 0 Å². The zero-order chi connectivity index (χ0) is 13.6. The van der Waals surface area contributed by atoms with Gasteiger partial charge in [-0.15, -0.1) is 0 Å². The molecule has 0 saturated heterocycles. The molecule has 0 radical (unpaired) electrons. The van der Waals surface area contributed by atoms with Gasteiger partial charge in [0.25, 0.3) is 10.2 Å². The Hall–Kier alpha value is -0.950. The second-order valence-electron chi connectivity index (χ2n) is 3.91. The highest BCUT2D eigenvalue weighted by molar-refractivity contribution is 7.87. The number of benzene rings is 1. The van der Waals surface area contributed by atoms with E-state index in [9.17, 15) is 8.42 Å². The van der Waals surface area contributed by atoms with Crippen molar-refractivity contribution in [1.29, 1.82) is 0 Å². The minimum Gasteiger partial charge on any atom is -0.329 e. The Morgan fingerprint density at radius 2 is 1.78 bits per heavy atom. The molecule has 0 fully saturated rings. The summed E-state index contributed by atoms with van der Waals surface area (Å²) in [5.41, 5.74) is 6.52. The van der Waals surface area contributed by atoms with Crippen molar-refractivity contribution in [3.8, 4) is 0 Å². The molecule has 1 rings (SSSR count). The number of hydrogen-bond acceptors (Lipinski definition) is 3. The molecule has 0 aliphatic rings. The number of nitrogens with one attached hydrogen (secondary N) is 1. The lowest BCUT2D eigenvalue weighted by atomic mass is 10.1. The largest absolute Gasteiger partial charge is 0.329 e. The highest BCUT2D eigenvalue weighted by atomic mass is 32.2. The van der Waals surface area contributed by atoms with Gasteiger partial charge in [0.2, 0.25) is 0 Å². The molecular formula is C12H21N3O2S. The summed E-state index contributed by atoms with van der Waals surface area (Å²) >= 11 is 0. The van der Waals surface area contributed by atoms with Crippen molar-refractivity contribution >= 4 is 10.2 Å². The number of nitrogens with two attached hydrogens (primary N) is 1. The van der Waals surface area contributed by atoms with Gasteiger partial charge in [-0.1, -0.05) is 44.2 Å². The van der Waals surface area contributed by atoms with Crippen LogP contribution in [0.4, 0.5) is 0 Å². The number of nitrogens with zero attached hydrogens (tertiary/aromatic N) is 1. The quantitative estimate of drug-likeness (QED) is 0.772. The normalized spacial score (nSPS) is 13.8. The van der Waals surface area contributed by atoms with Gasteiger partial charge in [0.15, 0.2) is 0 Å². The van der Waals surface area contributed by atoms with Gasteiger partial charge in [-0.25, -0.2) is 0 Å². The molecular weight excluding hydrogens is 250 g/mol. The summed E-state index contributed by atoms with van der Waals surface area (Å²) in [7, 11) is -3.48. The molecule has 0 bridgehead atoms. The lowest BCUT2D eigenvalue weighted by molar-refractivity contribution is 0.426. The molecule has 0 heterocycles. The maximum Gasteiger partial charge on any atom is 0.280 e. The van der Waals surface area contributed by atoms with Crippen LogP contribution in [-0.2, 0) is 10.2 Å². The Morgan fingerprint density at radius 3 is 2.22 bits per heavy atom. The van der Waals surface area contributed by atoms with Gasteiger partial charge >= 0.3 is 0 Å². The molecule has 0 aliphatic carbocycles. The molecule has 18 heavy (non-hydrogen) atoms. The minimum absolute atomic E-state index is 0.227. The number of rotatable bonds is 7. The summed E-state index contributed by atoms with van der Waals surface area (Å²) < 4.78 is 28.2. The summed E-state index contributed by atoms with van der Waals surface area (Å²) in [6.45, 7) is 4.73. The van der Waals surface area contributed by atoms with Crippen LogP contribution in [-0.4, -0.2) is 32.4 Å². The van der Waals surface area contributed by atoms with Crippen LogP contribution in [0.25, 0.3) is 0 Å². The van der Waals surface area contributed by atoms with Crippen molar-refractivity contribution in [2.45, 2.75) is 19.9 Å². The first-order chi connectivity index (χ1) is 8.55. The van der Waals surface area contributed by atoms with E-state index in [0.29, 0.717) is 13.1 Å². The van der Waals surface area contributed by atoms with Crippen molar-refractivity contribution in [2.75, 3.05) is 19.6 Å². The average molecular weight is 271 g/mol. The molecule has 1 aromatic carbocycles. The fraction of sp³-hybridized carbons (Fsp3) is 0.500. The second-order valence-corrected chi connectivity index (χ2v) is 5.61. The van der Waals surface area contributed by atoms with Gasteiger partial charge in [-0.2, -0.15) is 17.4 Å². The zero-order valence-electron chi connectivity index (χ0n) is 10.8. The van der Waals surface area contributed by atoms with Crippen molar-refractivity contribution in [1.82, 2.24) is 9.03 Å². The van der Waals surface area contributed by atoms with E-state index in [1.165, 1.54) is 4.31 Å². The molecule has 3 N–H and O–H groups in total. The molecule has 0 amide bonds. The third-order valence-corrected chi connectivity index (χ3v) is 4.55. The van der Waals surface area contributed by atoms with Crippen molar-refractivity contribution in [2.24, 2.45) is 5.73 Å². The summed E-state index contributed by atoms with van der Waals surface area (Å²) in [6.07, 6.45) is 0. The summed E-state index contributed by atoms with van der Waals surface area (Å²) in [5, 5.41) is 0. The van der Waals surface area contributed by atoms with Gasteiger partial charge in [0.1, 0.15) is 0 Å². The maximum absolute atomic E-state index is 12.1. The van der Waals surface area contributed by atoms with Gasteiger partial charge in [-0.3, -0.25) is 0 Å². The fourth-order valence-electron chi connectivity index (χ4n) is 1.76. The van der Waals surface area contributed by atoms with E-state index in [1.807, 2.05) is 44.2 Å². The van der Waals surface area contributed by atoms with Crippen LogP contribution in [0.3, 0.4) is 0 Å². The van der Waals surface area contributed by atoms with E-state index in [4.69, 9.17) is 5.73 Å². The van der Waals surface area contributed by atoms with E-state index in [-0.39, 0.29) is 6.54 Å². The predicted molar refractivity (Wildman–Crippen MR) is 73.2 cm³/mol. The second kappa shape index (κ2) is 6.84. The molecule has 0 aromatic heterocycles. The molecule has 1 atom stereocenters. The van der Waals surface area contributed by atoms with E-state index in [2.05, 4.69) is 4.72 Å². The van der Waals surface area contributed by atoms with Crippen LogP contribution in [0.1, 0.15) is 25.5 Å². The van der Waals surface area contributed by atoms with Gasteiger partial charge < -0.3 is 5.73 Å². The first kappa shape index (κ1) is 15.1. The Balaban J connectivity index is 2.87. The lowest BCUT2D eigenvalue weighted by Crippen LogP contribution is -2.43. The minimum atomic E-state index is -3.48. The van der Waals surface area contributed by atoms with Gasteiger partial charge in [0, 0.05) is 19.6 Å². The number of hydrogen-bond donors (Lipinski definition) is 2. The van der Waals surface area contributed by atoms with Gasteiger partial charge in [-0.05, 0) is 5.56 Å². The molecule has 0 aliphatic heterocycles. The van der Waals surface area contributed by atoms with Crippen LogP contribution < -0.4 is 10.5 Å². The highest BCUT2D eigenvalue weighted by Crippen LogP contribution is 2.13. The molecule has 102 valence electrons. The predicted octanol–water partition coefficient (Wildman–Crippen LogP) is 0.863. The third kappa shape index (κ3) is 3.78.